The molecule has 0 rings (SSSR count). The molecule has 0 saturated carbocycles. The maximum atomic E-state index is 10.7. The molecule has 0 spiro atoms. The highest BCUT2D eigenvalue weighted by Gasteiger charge is 2.38. The molecule has 6 heteroatoms. The fraction of sp³-hybridized carbons (Fsp3) is 0.400. The van der Waals surface area contributed by atoms with Gasteiger partial charge in [-0.1, -0.05) is 39.0 Å². The predicted molar refractivity (Wildman–Crippen MR) is 76.8 cm³/mol. The van der Waals surface area contributed by atoms with Crippen LogP contribution in [0.4, 0.5) is 0 Å². The smallest absolute Gasteiger partial charge is 0.328 e. The van der Waals surface area contributed by atoms with E-state index in [4.69, 9.17) is 15.3 Å². The fourth-order valence-corrected chi connectivity index (χ4v) is 1.86. The lowest BCUT2D eigenvalue weighted by molar-refractivity contribution is -0.132. The number of rotatable bonds is 8. The third-order valence-electron chi connectivity index (χ3n) is 3.70. The maximum Gasteiger partial charge on any atom is 0.328 e. The van der Waals surface area contributed by atoms with E-state index in [1.807, 2.05) is 6.92 Å². The summed E-state index contributed by atoms with van der Waals surface area (Å²) in [6, 6.07) is 0. The molecule has 0 aliphatic rings. The van der Waals surface area contributed by atoms with Crippen LogP contribution >= 0.6 is 0 Å². The molecule has 0 aromatic carbocycles. The predicted octanol–water partition coefficient (Wildman–Crippen LogP) is 2.33. The second-order valence-corrected chi connectivity index (χ2v) is 5.07. The van der Waals surface area contributed by atoms with E-state index in [0.29, 0.717) is 6.42 Å². The van der Waals surface area contributed by atoms with Crippen LogP contribution in [0.3, 0.4) is 0 Å². The van der Waals surface area contributed by atoms with Crippen molar-refractivity contribution in [2.45, 2.75) is 27.2 Å². The minimum absolute atomic E-state index is 0.487. The molecule has 0 aliphatic carbocycles. The van der Waals surface area contributed by atoms with Gasteiger partial charge >= 0.3 is 17.9 Å². The van der Waals surface area contributed by atoms with Crippen LogP contribution in [0.5, 0.6) is 0 Å². The first-order valence-corrected chi connectivity index (χ1v) is 6.33. The minimum Gasteiger partial charge on any atom is -0.478 e. The van der Waals surface area contributed by atoms with Gasteiger partial charge in [0.2, 0.25) is 0 Å². The third kappa shape index (κ3) is 5.64. The molecular weight excluding hydrogens is 276 g/mol. The van der Waals surface area contributed by atoms with Crippen LogP contribution in [-0.2, 0) is 14.4 Å². The molecule has 6 nitrogen and oxygen atoms in total. The maximum absolute atomic E-state index is 10.7. The van der Waals surface area contributed by atoms with Crippen LogP contribution in [-0.4, -0.2) is 33.2 Å². The lowest BCUT2D eigenvalue weighted by Crippen LogP contribution is -2.33. The summed E-state index contributed by atoms with van der Waals surface area (Å²) in [6.07, 6.45) is 7.50. The van der Waals surface area contributed by atoms with Crippen molar-refractivity contribution in [2.75, 3.05) is 0 Å². The van der Waals surface area contributed by atoms with Gasteiger partial charge in [-0.15, -0.1) is 0 Å². The van der Waals surface area contributed by atoms with E-state index in [-0.39, 0.29) is 0 Å². The number of hydrogen-bond acceptors (Lipinski definition) is 3. The first-order chi connectivity index (χ1) is 9.56. The van der Waals surface area contributed by atoms with Gasteiger partial charge in [-0.25, -0.2) is 14.4 Å². The van der Waals surface area contributed by atoms with Crippen LogP contribution < -0.4 is 0 Å². The topological polar surface area (TPSA) is 112 Å². The summed E-state index contributed by atoms with van der Waals surface area (Å²) in [6.45, 7) is 5.21. The number of carbonyl (C=O) groups is 3. The highest BCUT2D eigenvalue weighted by atomic mass is 16.4. The Kier molecular flexibility index (Phi) is 6.58. The summed E-state index contributed by atoms with van der Waals surface area (Å²) in [4.78, 5) is 32.2. The molecule has 1 unspecified atom stereocenters. The molecular formula is C15H20O6. The summed E-state index contributed by atoms with van der Waals surface area (Å²) < 4.78 is 0. The normalized spacial score (nSPS) is 17.9. The summed E-state index contributed by atoms with van der Waals surface area (Å²) >= 11 is 0. The van der Waals surface area contributed by atoms with Crippen molar-refractivity contribution in [3.63, 3.8) is 0 Å². The van der Waals surface area contributed by atoms with Crippen LogP contribution in [0.15, 0.2) is 36.5 Å². The van der Waals surface area contributed by atoms with Gasteiger partial charge in [0.1, 0.15) is 0 Å². The molecule has 21 heavy (non-hydrogen) atoms. The Bertz CT molecular complexity index is 476. The van der Waals surface area contributed by atoms with Gasteiger partial charge in [0.05, 0.1) is 0 Å². The molecule has 0 heterocycles. The Morgan fingerprint density at radius 3 is 1.43 bits per heavy atom. The van der Waals surface area contributed by atoms with E-state index < -0.39 is 28.7 Å². The number of carboxylic acid groups (broad SMARTS) is 3. The number of hydrogen-bond donors (Lipinski definition) is 3. The van der Waals surface area contributed by atoms with Gasteiger partial charge in [-0.3, -0.25) is 0 Å². The summed E-state index contributed by atoms with van der Waals surface area (Å²) in [5, 5.41) is 26.3. The zero-order chi connectivity index (χ0) is 16.7. The van der Waals surface area contributed by atoms with Gasteiger partial charge in [-0.2, -0.15) is 0 Å². The minimum atomic E-state index is -1.16. The molecule has 0 amide bonds. The van der Waals surface area contributed by atoms with Crippen molar-refractivity contribution in [2.24, 2.45) is 10.8 Å². The molecule has 0 radical (unpaired) electrons. The van der Waals surface area contributed by atoms with Gasteiger partial charge in [-0.05, 0) is 11.8 Å². The average molecular weight is 296 g/mol. The first kappa shape index (κ1) is 18.6. The molecule has 3 N–H and O–H groups in total. The lowest BCUT2D eigenvalue weighted by Gasteiger charge is -2.40. The van der Waals surface area contributed by atoms with E-state index in [0.717, 1.165) is 18.2 Å². The number of aliphatic carboxylic acids is 3. The first-order valence-electron chi connectivity index (χ1n) is 6.33. The molecule has 0 fully saturated rings. The summed E-state index contributed by atoms with van der Waals surface area (Å²) in [5.41, 5.74) is -1.73. The Balaban J connectivity index is 5.88. The monoisotopic (exact) mass is 296 g/mol. The molecule has 116 valence electrons. The van der Waals surface area contributed by atoms with Crippen LogP contribution in [0.25, 0.3) is 0 Å². The Hall–Kier alpha value is -2.37. The van der Waals surface area contributed by atoms with Crippen molar-refractivity contribution >= 4 is 17.9 Å². The lowest BCUT2D eigenvalue weighted by atomic mass is 9.63. The Labute approximate surface area is 123 Å². The highest BCUT2D eigenvalue weighted by molar-refractivity contribution is 5.81. The third-order valence-corrected chi connectivity index (χ3v) is 3.70. The molecule has 0 aliphatic heterocycles. The molecule has 0 saturated heterocycles. The molecule has 0 bridgehead atoms. The Morgan fingerprint density at radius 1 is 0.810 bits per heavy atom. The zero-order valence-corrected chi connectivity index (χ0v) is 12.2. The van der Waals surface area contributed by atoms with E-state index in [1.165, 1.54) is 18.2 Å². The number of allylic oxidation sites excluding steroid dienone is 3. The SMILES string of the molecule is CCC(C)(C=CC(=O)O)C(C)(C=CC(=O)O)C=CC(=O)O. The van der Waals surface area contributed by atoms with Crippen LogP contribution in [0.1, 0.15) is 27.2 Å². The Morgan fingerprint density at radius 2 is 1.14 bits per heavy atom. The van der Waals surface area contributed by atoms with Crippen molar-refractivity contribution in [1.29, 1.82) is 0 Å². The molecule has 0 aromatic rings. The van der Waals surface area contributed by atoms with E-state index in [2.05, 4.69) is 0 Å². The summed E-state index contributed by atoms with van der Waals surface area (Å²) in [7, 11) is 0. The average Bonchev–Trinajstić information content (AvgIpc) is 2.40. The summed E-state index contributed by atoms with van der Waals surface area (Å²) in [5.74, 6) is -3.45. The fourth-order valence-electron chi connectivity index (χ4n) is 1.86. The molecule has 0 aromatic heterocycles. The van der Waals surface area contributed by atoms with Crippen molar-refractivity contribution in [3.05, 3.63) is 36.5 Å². The van der Waals surface area contributed by atoms with Crippen molar-refractivity contribution < 1.29 is 29.7 Å². The number of carboxylic acids is 3. The second kappa shape index (κ2) is 7.42. The van der Waals surface area contributed by atoms with Crippen molar-refractivity contribution in [3.8, 4) is 0 Å². The van der Waals surface area contributed by atoms with Crippen molar-refractivity contribution in [1.82, 2.24) is 0 Å². The van der Waals surface area contributed by atoms with Gasteiger partial charge in [0, 0.05) is 23.6 Å². The molecule has 1 atom stereocenters. The van der Waals surface area contributed by atoms with Crippen LogP contribution in [0.2, 0.25) is 0 Å². The standard InChI is InChI=1S/C15H20O6/c1-4-14(2,8-5-11(16)17)15(3,9-6-12(18)19)10-7-13(20)21/h5-10H,4H2,1-3H3,(H,16,17)(H,18,19)(H,20,21). The largest absolute Gasteiger partial charge is 0.478 e. The van der Waals surface area contributed by atoms with E-state index in [9.17, 15) is 14.4 Å². The van der Waals surface area contributed by atoms with E-state index >= 15 is 0 Å². The van der Waals surface area contributed by atoms with Crippen LogP contribution in [0, 0.1) is 10.8 Å². The highest BCUT2D eigenvalue weighted by Crippen LogP contribution is 2.45. The second-order valence-electron chi connectivity index (χ2n) is 5.07. The van der Waals surface area contributed by atoms with Gasteiger partial charge in [0.15, 0.2) is 0 Å². The van der Waals surface area contributed by atoms with E-state index in [1.54, 1.807) is 13.8 Å². The van der Waals surface area contributed by atoms with Gasteiger partial charge in [0.25, 0.3) is 0 Å². The quantitative estimate of drug-likeness (QED) is 0.593. The van der Waals surface area contributed by atoms with Gasteiger partial charge < -0.3 is 15.3 Å². The zero-order valence-electron chi connectivity index (χ0n) is 12.2.